The molecule has 1 heterocycles. The summed E-state index contributed by atoms with van der Waals surface area (Å²) in [6, 6.07) is 3.63. The van der Waals surface area contributed by atoms with E-state index >= 15 is 0 Å². The molecule has 1 aliphatic rings. The molecule has 2 rings (SSSR count). The molecule has 2 N–H and O–H groups in total. The summed E-state index contributed by atoms with van der Waals surface area (Å²) in [6.45, 7) is 3.16. The first-order chi connectivity index (χ1) is 8.99. The van der Waals surface area contributed by atoms with Crippen LogP contribution in [0.3, 0.4) is 0 Å². The van der Waals surface area contributed by atoms with Crippen LogP contribution in [0, 0.1) is 12.7 Å². The molecule has 0 spiro atoms. The summed E-state index contributed by atoms with van der Waals surface area (Å²) in [7, 11) is -3.58. The average Bonchev–Trinajstić information content (AvgIpc) is 2.56. The van der Waals surface area contributed by atoms with Crippen LogP contribution in [0.5, 0.6) is 0 Å². The number of hydrogen-bond acceptors (Lipinski definition) is 3. The summed E-state index contributed by atoms with van der Waals surface area (Å²) < 4.78 is 40.3. The molecule has 1 aromatic carbocycles. The third-order valence-electron chi connectivity index (χ3n) is 3.30. The third kappa shape index (κ3) is 3.75. The van der Waals surface area contributed by atoms with Crippen molar-refractivity contribution in [1.29, 1.82) is 0 Å². The molecule has 1 aliphatic heterocycles. The number of benzene rings is 1. The first-order valence-corrected chi connectivity index (χ1v) is 7.96. The second-order valence-corrected chi connectivity index (χ2v) is 6.61. The summed E-state index contributed by atoms with van der Waals surface area (Å²) in [6.07, 6.45) is 2.89. The molecule has 1 saturated heterocycles. The summed E-state index contributed by atoms with van der Waals surface area (Å²) in [4.78, 5) is 0.151. The van der Waals surface area contributed by atoms with Crippen molar-refractivity contribution in [3.63, 3.8) is 0 Å². The quantitative estimate of drug-likeness (QED) is 0.886. The Morgan fingerprint density at radius 3 is 2.89 bits per heavy atom. The molecule has 1 aromatic rings. The molecule has 0 aliphatic carbocycles. The Bertz CT molecular complexity index is 538. The van der Waals surface area contributed by atoms with E-state index in [1.54, 1.807) is 6.92 Å². The standard InChI is InChI=1S/C13H19FN2O2S/c1-10-8-11(14)5-6-13(10)19(17,18)16-12-4-2-3-7-15-9-12/h5-6,8,12,15-16H,2-4,7,9H2,1H3. The molecule has 106 valence electrons. The van der Waals surface area contributed by atoms with E-state index in [1.807, 2.05) is 0 Å². The zero-order valence-electron chi connectivity index (χ0n) is 10.9. The van der Waals surface area contributed by atoms with Gasteiger partial charge in [0.15, 0.2) is 0 Å². The van der Waals surface area contributed by atoms with Crippen molar-refractivity contribution < 1.29 is 12.8 Å². The summed E-state index contributed by atoms with van der Waals surface area (Å²) in [5.41, 5.74) is 0.425. The van der Waals surface area contributed by atoms with Crippen LogP contribution in [-0.4, -0.2) is 27.5 Å². The first kappa shape index (κ1) is 14.4. The van der Waals surface area contributed by atoms with Crippen molar-refractivity contribution in [2.45, 2.75) is 37.1 Å². The number of rotatable bonds is 3. The van der Waals surface area contributed by atoms with Gasteiger partial charge >= 0.3 is 0 Å². The monoisotopic (exact) mass is 286 g/mol. The van der Waals surface area contributed by atoms with Crippen molar-refractivity contribution in [2.24, 2.45) is 0 Å². The number of hydrogen-bond donors (Lipinski definition) is 2. The highest BCUT2D eigenvalue weighted by Gasteiger charge is 2.22. The molecular weight excluding hydrogens is 267 g/mol. The molecule has 0 amide bonds. The zero-order valence-corrected chi connectivity index (χ0v) is 11.8. The van der Waals surface area contributed by atoms with Crippen LogP contribution in [0.4, 0.5) is 4.39 Å². The molecule has 0 aromatic heterocycles. The van der Waals surface area contributed by atoms with Crippen molar-refractivity contribution in [3.8, 4) is 0 Å². The van der Waals surface area contributed by atoms with Crippen LogP contribution >= 0.6 is 0 Å². The van der Waals surface area contributed by atoms with Crippen molar-refractivity contribution >= 4 is 10.0 Å². The SMILES string of the molecule is Cc1cc(F)ccc1S(=O)(=O)NC1CCCCNC1. The fourth-order valence-corrected chi connectivity index (χ4v) is 3.81. The number of sulfonamides is 1. The van der Waals surface area contributed by atoms with Crippen LogP contribution in [0.15, 0.2) is 23.1 Å². The number of aryl methyl sites for hydroxylation is 1. The molecule has 0 radical (unpaired) electrons. The minimum Gasteiger partial charge on any atom is -0.315 e. The molecule has 1 fully saturated rings. The van der Waals surface area contributed by atoms with E-state index in [0.717, 1.165) is 25.8 Å². The lowest BCUT2D eigenvalue weighted by molar-refractivity contribution is 0.520. The van der Waals surface area contributed by atoms with Crippen LogP contribution < -0.4 is 10.0 Å². The Hall–Kier alpha value is -0.980. The van der Waals surface area contributed by atoms with E-state index in [2.05, 4.69) is 10.0 Å². The average molecular weight is 286 g/mol. The minimum atomic E-state index is -3.58. The molecule has 0 saturated carbocycles. The van der Waals surface area contributed by atoms with Crippen molar-refractivity contribution in [2.75, 3.05) is 13.1 Å². The Labute approximate surface area is 113 Å². The van der Waals surface area contributed by atoms with Crippen LogP contribution in [0.1, 0.15) is 24.8 Å². The van der Waals surface area contributed by atoms with Gasteiger partial charge in [0.25, 0.3) is 0 Å². The van der Waals surface area contributed by atoms with Gasteiger partial charge < -0.3 is 5.32 Å². The Balaban J connectivity index is 2.17. The molecule has 6 heteroatoms. The van der Waals surface area contributed by atoms with E-state index in [1.165, 1.54) is 18.2 Å². The van der Waals surface area contributed by atoms with Gasteiger partial charge in [0.1, 0.15) is 5.82 Å². The maximum absolute atomic E-state index is 13.0. The molecule has 0 bridgehead atoms. The first-order valence-electron chi connectivity index (χ1n) is 6.48. The van der Waals surface area contributed by atoms with Crippen LogP contribution in [-0.2, 0) is 10.0 Å². The number of halogens is 1. The highest BCUT2D eigenvalue weighted by Crippen LogP contribution is 2.17. The van der Waals surface area contributed by atoms with Gasteiger partial charge in [0.2, 0.25) is 10.0 Å². The second kappa shape index (κ2) is 5.98. The second-order valence-electron chi connectivity index (χ2n) is 4.93. The maximum atomic E-state index is 13.0. The maximum Gasteiger partial charge on any atom is 0.241 e. The molecule has 1 unspecified atom stereocenters. The molecule has 19 heavy (non-hydrogen) atoms. The highest BCUT2D eigenvalue weighted by atomic mass is 32.2. The smallest absolute Gasteiger partial charge is 0.241 e. The Morgan fingerprint density at radius 1 is 1.37 bits per heavy atom. The van der Waals surface area contributed by atoms with Gasteiger partial charge in [-0.25, -0.2) is 17.5 Å². The van der Waals surface area contributed by atoms with Crippen LogP contribution in [0.25, 0.3) is 0 Å². The van der Waals surface area contributed by atoms with E-state index in [-0.39, 0.29) is 10.9 Å². The largest absolute Gasteiger partial charge is 0.315 e. The Kier molecular flexibility index (Phi) is 4.54. The summed E-state index contributed by atoms with van der Waals surface area (Å²) >= 11 is 0. The molecular formula is C13H19FN2O2S. The van der Waals surface area contributed by atoms with E-state index in [4.69, 9.17) is 0 Å². The van der Waals surface area contributed by atoms with E-state index in [9.17, 15) is 12.8 Å². The van der Waals surface area contributed by atoms with Crippen LogP contribution in [0.2, 0.25) is 0 Å². The molecule has 4 nitrogen and oxygen atoms in total. The van der Waals surface area contributed by atoms with Gasteiger partial charge in [0, 0.05) is 12.6 Å². The normalized spacial score (nSPS) is 21.1. The lowest BCUT2D eigenvalue weighted by Gasteiger charge is -2.17. The van der Waals surface area contributed by atoms with Crippen molar-refractivity contribution in [3.05, 3.63) is 29.6 Å². The zero-order chi connectivity index (χ0) is 13.9. The van der Waals surface area contributed by atoms with Gasteiger partial charge in [-0.1, -0.05) is 6.42 Å². The fourth-order valence-electron chi connectivity index (χ4n) is 2.32. The highest BCUT2D eigenvalue weighted by molar-refractivity contribution is 7.89. The van der Waals surface area contributed by atoms with E-state index < -0.39 is 15.8 Å². The van der Waals surface area contributed by atoms with Gasteiger partial charge in [-0.3, -0.25) is 0 Å². The lowest BCUT2D eigenvalue weighted by Crippen LogP contribution is -2.40. The lowest BCUT2D eigenvalue weighted by atomic mass is 10.2. The topological polar surface area (TPSA) is 58.2 Å². The van der Waals surface area contributed by atoms with Gasteiger partial charge in [0.05, 0.1) is 4.90 Å². The van der Waals surface area contributed by atoms with Crippen molar-refractivity contribution in [1.82, 2.24) is 10.0 Å². The third-order valence-corrected chi connectivity index (χ3v) is 4.98. The Morgan fingerprint density at radius 2 is 2.16 bits per heavy atom. The summed E-state index contributed by atoms with van der Waals surface area (Å²) in [5.74, 6) is -0.424. The summed E-state index contributed by atoms with van der Waals surface area (Å²) in [5, 5.41) is 3.21. The van der Waals surface area contributed by atoms with Gasteiger partial charge in [-0.2, -0.15) is 0 Å². The number of nitrogens with one attached hydrogen (secondary N) is 2. The van der Waals surface area contributed by atoms with Gasteiger partial charge in [-0.15, -0.1) is 0 Å². The van der Waals surface area contributed by atoms with Gasteiger partial charge in [-0.05, 0) is 50.1 Å². The predicted octanol–water partition coefficient (Wildman–Crippen LogP) is 1.55. The minimum absolute atomic E-state index is 0.100. The predicted molar refractivity (Wildman–Crippen MR) is 72.0 cm³/mol. The fraction of sp³-hybridized carbons (Fsp3) is 0.538. The molecule has 1 atom stereocenters. The van der Waals surface area contributed by atoms with E-state index in [0.29, 0.717) is 12.1 Å².